The molecule has 1 aliphatic rings. The van der Waals surface area contributed by atoms with Crippen molar-refractivity contribution < 1.29 is 9.53 Å². The van der Waals surface area contributed by atoms with Crippen LogP contribution in [0, 0.1) is 5.92 Å². The lowest BCUT2D eigenvalue weighted by molar-refractivity contribution is -0.130. The quantitative estimate of drug-likeness (QED) is 0.799. The minimum absolute atomic E-state index is 0.00845. The summed E-state index contributed by atoms with van der Waals surface area (Å²) in [5, 5.41) is 0.667. The number of ether oxygens (including phenoxy) is 1. The van der Waals surface area contributed by atoms with Gasteiger partial charge >= 0.3 is 0 Å². The number of halogens is 2. The van der Waals surface area contributed by atoms with Gasteiger partial charge in [-0.15, -0.1) is 11.6 Å². The normalized spacial score (nSPS) is 19.3. The van der Waals surface area contributed by atoms with Crippen molar-refractivity contribution in [3.05, 3.63) is 29.3 Å². The predicted octanol–water partition coefficient (Wildman–Crippen LogP) is 3.20. The number of benzene rings is 1. The van der Waals surface area contributed by atoms with Crippen molar-refractivity contribution in [3.63, 3.8) is 0 Å². The van der Waals surface area contributed by atoms with E-state index in [1.165, 1.54) is 0 Å². The fourth-order valence-corrected chi connectivity index (χ4v) is 2.63. The van der Waals surface area contributed by atoms with E-state index in [1.807, 2.05) is 23.1 Å². The molecule has 0 N–H and O–H groups in total. The fraction of sp³-hybridized carbons (Fsp3) is 0.500. The largest absolute Gasteiger partial charge is 0.493 e. The second-order valence-electron chi connectivity index (χ2n) is 4.75. The maximum absolute atomic E-state index is 11.6. The van der Waals surface area contributed by atoms with Crippen LogP contribution in [0.3, 0.4) is 0 Å². The van der Waals surface area contributed by atoms with Crippen LogP contribution < -0.4 is 4.74 Å². The molecule has 1 heterocycles. The van der Waals surface area contributed by atoms with Crippen molar-refractivity contribution in [2.45, 2.75) is 12.8 Å². The van der Waals surface area contributed by atoms with E-state index in [2.05, 4.69) is 0 Å². The Morgan fingerprint density at radius 3 is 3.05 bits per heavy atom. The van der Waals surface area contributed by atoms with Crippen molar-refractivity contribution >= 4 is 29.1 Å². The van der Waals surface area contributed by atoms with Crippen molar-refractivity contribution in [1.82, 2.24) is 4.90 Å². The zero-order valence-electron chi connectivity index (χ0n) is 10.6. The van der Waals surface area contributed by atoms with Crippen LogP contribution in [0.2, 0.25) is 5.02 Å². The Kier molecular flexibility index (Phi) is 5.34. The van der Waals surface area contributed by atoms with Crippen molar-refractivity contribution in [3.8, 4) is 5.75 Å². The minimum Gasteiger partial charge on any atom is -0.493 e. The fourth-order valence-electron chi connectivity index (χ4n) is 2.28. The van der Waals surface area contributed by atoms with Gasteiger partial charge in [0.15, 0.2) is 0 Å². The summed E-state index contributed by atoms with van der Waals surface area (Å²) in [5.41, 5.74) is 0. The molecule has 1 aromatic carbocycles. The van der Waals surface area contributed by atoms with Crippen LogP contribution in [0.1, 0.15) is 12.8 Å². The lowest BCUT2D eigenvalue weighted by Crippen LogP contribution is -2.42. The molecule has 0 aromatic heterocycles. The number of alkyl halides is 1. The molecule has 1 fully saturated rings. The summed E-state index contributed by atoms with van der Waals surface area (Å²) in [5.74, 6) is 1.20. The molecule has 104 valence electrons. The van der Waals surface area contributed by atoms with Gasteiger partial charge in [0, 0.05) is 24.0 Å². The van der Waals surface area contributed by atoms with Crippen molar-refractivity contribution in [2.75, 3.05) is 25.6 Å². The van der Waals surface area contributed by atoms with Gasteiger partial charge in [0.05, 0.1) is 6.61 Å². The second-order valence-corrected chi connectivity index (χ2v) is 5.45. The van der Waals surface area contributed by atoms with Crippen LogP contribution >= 0.6 is 23.2 Å². The Morgan fingerprint density at radius 2 is 2.32 bits per heavy atom. The van der Waals surface area contributed by atoms with Gasteiger partial charge in [0.2, 0.25) is 5.91 Å². The van der Waals surface area contributed by atoms with Crippen molar-refractivity contribution in [1.29, 1.82) is 0 Å². The molecule has 5 heteroatoms. The highest BCUT2D eigenvalue weighted by atomic mass is 35.5. The third-order valence-electron chi connectivity index (χ3n) is 3.27. The molecule has 2 rings (SSSR count). The van der Waals surface area contributed by atoms with E-state index in [9.17, 15) is 4.79 Å². The molecule has 1 aromatic rings. The summed E-state index contributed by atoms with van der Waals surface area (Å²) in [4.78, 5) is 13.4. The number of carbonyl (C=O) groups is 1. The number of piperidine rings is 1. The second kappa shape index (κ2) is 7.01. The average molecular weight is 302 g/mol. The lowest BCUT2D eigenvalue weighted by atomic mass is 9.99. The molecule has 1 saturated heterocycles. The smallest absolute Gasteiger partial charge is 0.237 e. The first kappa shape index (κ1) is 14.5. The summed E-state index contributed by atoms with van der Waals surface area (Å²) in [7, 11) is 0. The van der Waals surface area contributed by atoms with Crippen LogP contribution in [0.5, 0.6) is 5.75 Å². The number of nitrogens with zero attached hydrogens (tertiary/aromatic N) is 1. The molecule has 1 atom stereocenters. The molecule has 19 heavy (non-hydrogen) atoms. The Hall–Kier alpha value is -0.930. The SMILES string of the molecule is O=C(CCl)N1CCCC(COc2cccc(Cl)c2)C1. The van der Waals surface area contributed by atoms with E-state index in [4.69, 9.17) is 27.9 Å². The maximum Gasteiger partial charge on any atom is 0.237 e. The first-order valence-corrected chi connectivity index (χ1v) is 7.32. The Bertz CT molecular complexity index is 439. The molecule has 0 bridgehead atoms. The Balaban J connectivity index is 1.84. The van der Waals surface area contributed by atoms with E-state index in [0.717, 1.165) is 31.7 Å². The zero-order valence-corrected chi connectivity index (χ0v) is 12.2. The minimum atomic E-state index is 0.00845. The van der Waals surface area contributed by atoms with Crippen LogP contribution in [-0.2, 0) is 4.79 Å². The molecule has 1 amide bonds. The third-order valence-corrected chi connectivity index (χ3v) is 3.73. The highest BCUT2D eigenvalue weighted by Crippen LogP contribution is 2.21. The van der Waals surface area contributed by atoms with Crippen molar-refractivity contribution in [2.24, 2.45) is 5.92 Å². The van der Waals surface area contributed by atoms with Gasteiger partial charge < -0.3 is 9.64 Å². The zero-order chi connectivity index (χ0) is 13.7. The number of hydrogen-bond acceptors (Lipinski definition) is 2. The van der Waals surface area contributed by atoms with Crippen LogP contribution in [-0.4, -0.2) is 36.4 Å². The van der Waals surface area contributed by atoms with Gasteiger partial charge in [-0.05, 0) is 31.0 Å². The van der Waals surface area contributed by atoms with Crippen LogP contribution in [0.15, 0.2) is 24.3 Å². The summed E-state index contributed by atoms with van der Waals surface area (Å²) in [6, 6.07) is 7.36. The predicted molar refractivity (Wildman–Crippen MR) is 77.0 cm³/mol. The molecule has 0 spiro atoms. The molecule has 0 radical (unpaired) electrons. The number of hydrogen-bond donors (Lipinski definition) is 0. The number of carbonyl (C=O) groups excluding carboxylic acids is 1. The first-order chi connectivity index (χ1) is 9.19. The van der Waals surface area contributed by atoms with Crippen LogP contribution in [0.4, 0.5) is 0 Å². The van der Waals surface area contributed by atoms with Gasteiger partial charge in [-0.3, -0.25) is 4.79 Å². The summed E-state index contributed by atoms with van der Waals surface area (Å²) in [6.07, 6.45) is 2.08. The van der Waals surface area contributed by atoms with E-state index >= 15 is 0 Å². The monoisotopic (exact) mass is 301 g/mol. The van der Waals surface area contributed by atoms with E-state index in [0.29, 0.717) is 17.5 Å². The molecule has 0 saturated carbocycles. The highest BCUT2D eigenvalue weighted by molar-refractivity contribution is 6.30. The third kappa shape index (κ3) is 4.29. The van der Waals surface area contributed by atoms with Gasteiger partial charge in [-0.25, -0.2) is 0 Å². The maximum atomic E-state index is 11.6. The molecule has 3 nitrogen and oxygen atoms in total. The van der Waals surface area contributed by atoms with E-state index in [1.54, 1.807) is 6.07 Å². The number of rotatable bonds is 4. The first-order valence-electron chi connectivity index (χ1n) is 6.41. The molecule has 0 aliphatic carbocycles. The van der Waals surface area contributed by atoms with Crippen LogP contribution in [0.25, 0.3) is 0 Å². The number of amides is 1. The topological polar surface area (TPSA) is 29.5 Å². The standard InChI is InChI=1S/C14H17Cl2NO2/c15-8-14(18)17-6-2-3-11(9-17)10-19-13-5-1-4-12(16)7-13/h1,4-5,7,11H,2-3,6,8-10H2. The van der Waals surface area contributed by atoms with E-state index in [-0.39, 0.29) is 11.8 Å². The summed E-state index contributed by atoms with van der Waals surface area (Å²) in [6.45, 7) is 2.14. The average Bonchev–Trinajstić information content (AvgIpc) is 2.45. The molecule has 1 aliphatic heterocycles. The molecular formula is C14H17Cl2NO2. The molecular weight excluding hydrogens is 285 g/mol. The van der Waals surface area contributed by atoms with Gasteiger partial charge in [-0.1, -0.05) is 17.7 Å². The Labute approximate surface area is 123 Å². The lowest BCUT2D eigenvalue weighted by Gasteiger charge is -2.32. The van der Waals surface area contributed by atoms with Gasteiger partial charge in [0.25, 0.3) is 0 Å². The molecule has 1 unspecified atom stereocenters. The summed E-state index contributed by atoms with van der Waals surface area (Å²) < 4.78 is 5.73. The van der Waals surface area contributed by atoms with Gasteiger partial charge in [0.1, 0.15) is 11.6 Å². The number of likely N-dealkylation sites (tertiary alicyclic amines) is 1. The van der Waals surface area contributed by atoms with Gasteiger partial charge in [-0.2, -0.15) is 0 Å². The van der Waals surface area contributed by atoms with E-state index < -0.39 is 0 Å². The highest BCUT2D eigenvalue weighted by Gasteiger charge is 2.23. The Morgan fingerprint density at radius 1 is 1.47 bits per heavy atom. The summed E-state index contributed by atoms with van der Waals surface area (Å²) >= 11 is 11.5.